The van der Waals surface area contributed by atoms with Crippen LogP contribution in [-0.4, -0.2) is 36.9 Å². The van der Waals surface area contributed by atoms with Crippen LogP contribution in [0, 0.1) is 5.92 Å². The van der Waals surface area contributed by atoms with Crippen LogP contribution in [0.2, 0.25) is 0 Å². The summed E-state index contributed by atoms with van der Waals surface area (Å²) in [7, 11) is 1.71. The molecule has 0 aromatic carbocycles. The monoisotopic (exact) mass is 238 g/mol. The molecule has 0 saturated heterocycles. The molecule has 0 radical (unpaired) electrons. The topological polar surface area (TPSA) is 45.6 Å². The summed E-state index contributed by atoms with van der Waals surface area (Å²) in [5, 5.41) is 9.10. The molecular formula is C13H22N2O2. The zero-order valence-electron chi connectivity index (χ0n) is 10.9. The number of rotatable bonds is 7. The number of aromatic nitrogens is 1. The molecule has 0 atom stereocenters. The third-order valence-corrected chi connectivity index (χ3v) is 2.48. The Labute approximate surface area is 103 Å². The zero-order chi connectivity index (χ0) is 12.7. The Morgan fingerprint density at radius 2 is 2.24 bits per heavy atom. The SMILES string of the molecule is COCCN(CC(C)C)c1ccnc(CO)c1. The Morgan fingerprint density at radius 3 is 2.82 bits per heavy atom. The first kappa shape index (κ1) is 13.9. The van der Waals surface area contributed by atoms with Crippen molar-refractivity contribution in [2.75, 3.05) is 31.7 Å². The van der Waals surface area contributed by atoms with Crippen LogP contribution in [0.15, 0.2) is 18.3 Å². The molecule has 0 bridgehead atoms. The third kappa shape index (κ3) is 4.71. The molecule has 1 aromatic heterocycles. The number of ether oxygens (including phenoxy) is 1. The predicted octanol–water partition coefficient (Wildman–Crippen LogP) is 1.68. The van der Waals surface area contributed by atoms with Crippen molar-refractivity contribution in [2.45, 2.75) is 20.5 Å². The minimum absolute atomic E-state index is 0.0202. The van der Waals surface area contributed by atoms with E-state index in [9.17, 15) is 0 Å². The highest BCUT2D eigenvalue weighted by Crippen LogP contribution is 2.16. The summed E-state index contributed by atoms with van der Waals surface area (Å²) in [6, 6.07) is 3.90. The molecule has 1 aromatic rings. The molecule has 0 unspecified atom stereocenters. The molecule has 0 spiro atoms. The predicted molar refractivity (Wildman–Crippen MR) is 69.1 cm³/mol. The maximum absolute atomic E-state index is 9.10. The molecule has 0 aliphatic carbocycles. The molecule has 1 N–H and O–H groups in total. The lowest BCUT2D eigenvalue weighted by Gasteiger charge is -2.26. The Balaban J connectivity index is 2.78. The molecule has 17 heavy (non-hydrogen) atoms. The molecule has 0 fully saturated rings. The van der Waals surface area contributed by atoms with Gasteiger partial charge in [0.25, 0.3) is 0 Å². The van der Waals surface area contributed by atoms with Gasteiger partial charge < -0.3 is 14.7 Å². The van der Waals surface area contributed by atoms with Crippen LogP contribution in [0.4, 0.5) is 5.69 Å². The van der Waals surface area contributed by atoms with Gasteiger partial charge in [-0.2, -0.15) is 0 Å². The molecule has 96 valence electrons. The van der Waals surface area contributed by atoms with E-state index in [1.165, 1.54) is 0 Å². The van der Waals surface area contributed by atoms with Crippen LogP contribution in [0.25, 0.3) is 0 Å². The van der Waals surface area contributed by atoms with E-state index in [-0.39, 0.29) is 6.61 Å². The summed E-state index contributed by atoms with van der Waals surface area (Å²) in [6.45, 7) is 6.88. The molecule has 1 heterocycles. The Bertz CT molecular complexity index is 329. The van der Waals surface area contributed by atoms with Gasteiger partial charge in [0.1, 0.15) is 0 Å². The van der Waals surface area contributed by atoms with Crippen LogP contribution in [-0.2, 0) is 11.3 Å². The van der Waals surface area contributed by atoms with E-state index in [0.29, 0.717) is 18.2 Å². The van der Waals surface area contributed by atoms with Crippen LogP contribution < -0.4 is 4.90 Å². The Kier molecular flexibility index (Phi) is 5.94. The van der Waals surface area contributed by atoms with Gasteiger partial charge in [0, 0.05) is 32.1 Å². The van der Waals surface area contributed by atoms with E-state index in [4.69, 9.17) is 9.84 Å². The number of aliphatic hydroxyl groups is 1. The summed E-state index contributed by atoms with van der Waals surface area (Å²) in [6.07, 6.45) is 1.74. The molecule has 0 amide bonds. The van der Waals surface area contributed by atoms with E-state index < -0.39 is 0 Å². The lowest BCUT2D eigenvalue weighted by molar-refractivity contribution is 0.204. The molecule has 0 saturated carbocycles. The first-order valence-electron chi connectivity index (χ1n) is 5.97. The highest BCUT2D eigenvalue weighted by atomic mass is 16.5. The molecule has 1 rings (SSSR count). The molecule has 4 heteroatoms. The molecular weight excluding hydrogens is 216 g/mol. The minimum atomic E-state index is -0.0202. The van der Waals surface area contributed by atoms with Gasteiger partial charge in [-0.1, -0.05) is 13.8 Å². The number of aliphatic hydroxyl groups excluding tert-OH is 1. The minimum Gasteiger partial charge on any atom is -0.390 e. The number of anilines is 1. The first-order chi connectivity index (χ1) is 8.17. The second-order valence-electron chi connectivity index (χ2n) is 4.50. The van der Waals surface area contributed by atoms with Gasteiger partial charge in [0.2, 0.25) is 0 Å². The van der Waals surface area contributed by atoms with Gasteiger partial charge >= 0.3 is 0 Å². The fraction of sp³-hybridized carbons (Fsp3) is 0.615. The maximum Gasteiger partial charge on any atom is 0.0853 e. The van der Waals surface area contributed by atoms with Crippen LogP contribution in [0.5, 0.6) is 0 Å². The fourth-order valence-corrected chi connectivity index (χ4v) is 1.72. The van der Waals surface area contributed by atoms with Crippen molar-refractivity contribution in [1.82, 2.24) is 4.98 Å². The Hall–Kier alpha value is -1.13. The van der Waals surface area contributed by atoms with Gasteiger partial charge in [-0.15, -0.1) is 0 Å². The molecule has 4 nitrogen and oxygen atoms in total. The second-order valence-corrected chi connectivity index (χ2v) is 4.50. The van der Waals surface area contributed by atoms with E-state index in [2.05, 4.69) is 23.7 Å². The average Bonchev–Trinajstić information content (AvgIpc) is 2.34. The summed E-state index contributed by atoms with van der Waals surface area (Å²) < 4.78 is 5.13. The maximum atomic E-state index is 9.10. The first-order valence-corrected chi connectivity index (χ1v) is 5.97. The third-order valence-electron chi connectivity index (χ3n) is 2.48. The summed E-state index contributed by atoms with van der Waals surface area (Å²) >= 11 is 0. The van der Waals surface area contributed by atoms with Crippen molar-refractivity contribution in [3.63, 3.8) is 0 Å². The van der Waals surface area contributed by atoms with Crippen molar-refractivity contribution in [2.24, 2.45) is 5.92 Å². The molecule has 0 aliphatic heterocycles. The summed E-state index contributed by atoms with van der Waals surface area (Å²) in [4.78, 5) is 6.35. The van der Waals surface area contributed by atoms with E-state index in [1.54, 1.807) is 13.3 Å². The van der Waals surface area contributed by atoms with Gasteiger partial charge in [-0.3, -0.25) is 4.98 Å². The standard InChI is InChI=1S/C13H22N2O2/c1-11(2)9-15(6-7-17-3)13-4-5-14-12(8-13)10-16/h4-5,8,11,16H,6-7,9-10H2,1-3H3. The summed E-state index contributed by atoms with van der Waals surface area (Å²) in [5.41, 5.74) is 1.79. The lowest BCUT2D eigenvalue weighted by atomic mass is 10.2. The van der Waals surface area contributed by atoms with Crippen LogP contribution in [0.1, 0.15) is 19.5 Å². The largest absolute Gasteiger partial charge is 0.390 e. The number of hydrogen-bond acceptors (Lipinski definition) is 4. The quantitative estimate of drug-likeness (QED) is 0.785. The van der Waals surface area contributed by atoms with Crippen molar-refractivity contribution in [3.05, 3.63) is 24.0 Å². The van der Waals surface area contributed by atoms with E-state index in [1.807, 2.05) is 12.1 Å². The number of nitrogens with zero attached hydrogens (tertiary/aromatic N) is 2. The average molecular weight is 238 g/mol. The van der Waals surface area contributed by atoms with Crippen molar-refractivity contribution in [1.29, 1.82) is 0 Å². The smallest absolute Gasteiger partial charge is 0.0853 e. The lowest BCUT2D eigenvalue weighted by Crippen LogP contribution is -2.31. The van der Waals surface area contributed by atoms with Crippen molar-refractivity contribution < 1.29 is 9.84 Å². The number of hydrogen-bond donors (Lipinski definition) is 1. The van der Waals surface area contributed by atoms with Crippen molar-refractivity contribution >= 4 is 5.69 Å². The van der Waals surface area contributed by atoms with Gasteiger partial charge in [-0.05, 0) is 18.1 Å². The second kappa shape index (κ2) is 7.25. The van der Waals surface area contributed by atoms with E-state index >= 15 is 0 Å². The molecule has 0 aliphatic rings. The highest BCUT2D eigenvalue weighted by molar-refractivity contribution is 5.46. The van der Waals surface area contributed by atoms with E-state index in [0.717, 1.165) is 18.8 Å². The van der Waals surface area contributed by atoms with Gasteiger partial charge in [0.05, 0.1) is 18.9 Å². The number of pyridine rings is 1. The Morgan fingerprint density at radius 1 is 1.47 bits per heavy atom. The summed E-state index contributed by atoms with van der Waals surface area (Å²) in [5.74, 6) is 0.581. The zero-order valence-corrected chi connectivity index (χ0v) is 10.9. The normalized spacial score (nSPS) is 10.9. The van der Waals surface area contributed by atoms with Crippen LogP contribution in [0.3, 0.4) is 0 Å². The van der Waals surface area contributed by atoms with Crippen LogP contribution >= 0.6 is 0 Å². The van der Waals surface area contributed by atoms with Crippen molar-refractivity contribution in [3.8, 4) is 0 Å². The van der Waals surface area contributed by atoms with Gasteiger partial charge in [-0.25, -0.2) is 0 Å². The number of methoxy groups -OCH3 is 1. The highest BCUT2D eigenvalue weighted by Gasteiger charge is 2.09. The van der Waals surface area contributed by atoms with Gasteiger partial charge in [0.15, 0.2) is 0 Å². The fourth-order valence-electron chi connectivity index (χ4n) is 1.72.